The van der Waals surface area contributed by atoms with Crippen molar-refractivity contribution in [1.82, 2.24) is 9.55 Å². The third-order valence-corrected chi connectivity index (χ3v) is 6.01. The third kappa shape index (κ3) is 4.64. The first-order chi connectivity index (χ1) is 16.4. The van der Waals surface area contributed by atoms with Crippen LogP contribution in [0.2, 0.25) is 0 Å². The molecule has 34 heavy (non-hydrogen) atoms. The lowest BCUT2D eigenvalue weighted by atomic mass is 10.0. The lowest BCUT2D eigenvalue weighted by Crippen LogP contribution is -2.26. The van der Waals surface area contributed by atoms with Crippen molar-refractivity contribution >= 4 is 29.7 Å². The van der Waals surface area contributed by atoms with E-state index in [1.807, 2.05) is 79.7 Å². The van der Waals surface area contributed by atoms with Crippen LogP contribution >= 0.6 is 12.0 Å². The fourth-order valence-corrected chi connectivity index (χ4v) is 4.11. The van der Waals surface area contributed by atoms with Crippen LogP contribution in [0.3, 0.4) is 0 Å². The van der Waals surface area contributed by atoms with Gasteiger partial charge in [-0.2, -0.15) is 0 Å². The predicted octanol–water partition coefficient (Wildman–Crippen LogP) is 6.10. The molecule has 1 aromatic heterocycles. The minimum absolute atomic E-state index is 0.336. The van der Waals surface area contributed by atoms with Gasteiger partial charge in [-0.05, 0) is 55.3 Å². The minimum Gasteiger partial charge on any atom is -0.325 e. The van der Waals surface area contributed by atoms with E-state index in [1.54, 1.807) is 10.8 Å². The van der Waals surface area contributed by atoms with Gasteiger partial charge in [0.05, 0.1) is 17.5 Å². The Bertz CT molecular complexity index is 1360. The third-order valence-electron chi connectivity index (χ3n) is 5.54. The lowest BCUT2D eigenvalue weighted by Gasteiger charge is -2.12. The van der Waals surface area contributed by atoms with Crippen LogP contribution in [0.15, 0.2) is 83.9 Å². The Morgan fingerprint density at radius 2 is 1.85 bits per heavy atom. The van der Waals surface area contributed by atoms with Crippen molar-refractivity contribution in [2.24, 2.45) is 5.84 Å². The molecule has 0 fully saturated rings. The number of aryl methyl sites for hydroxylation is 1. The molecule has 0 aliphatic heterocycles. The standard InChI is InChI=1S/C26H24FN5OS/c1-17(27)23-16-31(18(2)30-23)24-12-11-21(20-9-6-10-22(13-20)34-33)14-25(24)32(29)26(15-28)19-7-4-3-5-8-19/h3-17,28H,29H2,1-2H3/p+1. The number of alkyl halides is 1. The molecule has 0 amide bonds. The molecular formula is C26H25FN5OS+. The number of hydrogen-bond donors (Lipinski definition) is 3. The van der Waals surface area contributed by atoms with E-state index in [1.165, 1.54) is 17.8 Å². The molecule has 1 unspecified atom stereocenters. The van der Waals surface area contributed by atoms with Gasteiger partial charge in [0.2, 0.25) is 0 Å². The summed E-state index contributed by atoms with van der Waals surface area (Å²) in [5, 5.41) is 8.04. The smallest absolute Gasteiger partial charge is 0.260 e. The maximum atomic E-state index is 14.0. The Morgan fingerprint density at radius 3 is 2.50 bits per heavy atom. The first-order valence-electron chi connectivity index (χ1n) is 10.7. The number of rotatable bonds is 7. The van der Waals surface area contributed by atoms with Gasteiger partial charge in [-0.25, -0.2) is 15.2 Å². The summed E-state index contributed by atoms with van der Waals surface area (Å²) in [5.41, 5.74) is 4.71. The SMILES string of the molecule is Cc1nc(C(C)F)cn1-c1ccc(-c2cccc(SO)c2)cc1[N+](N)=C(C=N)c1ccccc1. The summed E-state index contributed by atoms with van der Waals surface area (Å²) in [4.78, 5) is 5.08. The summed E-state index contributed by atoms with van der Waals surface area (Å²) in [6.07, 6.45) is 1.68. The zero-order valence-corrected chi connectivity index (χ0v) is 19.6. The summed E-state index contributed by atoms with van der Waals surface area (Å²) in [6.45, 7) is 3.26. The van der Waals surface area contributed by atoms with Gasteiger partial charge >= 0.3 is 0 Å². The number of halogens is 1. The van der Waals surface area contributed by atoms with Gasteiger partial charge in [0.1, 0.15) is 17.7 Å². The highest BCUT2D eigenvalue weighted by molar-refractivity contribution is 7.93. The molecule has 0 radical (unpaired) electrons. The van der Waals surface area contributed by atoms with E-state index < -0.39 is 6.17 Å². The van der Waals surface area contributed by atoms with Gasteiger partial charge in [-0.1, -0.05) is 41.1 Å². The number of imidazole rings is 1. The minimum atomic E-state index is -1.21. The van der Waals surface area contributed by atoms with E-state index in [0.717, 1.165) is 21.6 Å². The van der Waals surface area contributed by atoms with E-state index in [9.17, 15) is 8.94 Å². The van der Waals surface area contributed by atoms with Crippen molar-refractivity contribution in [3.63, 3.8) is 0 Å². The first kappa shape index (κ1) is 23.4. The fraction of sp³-hybridized carbons (Fsp3) is 0.115. The van der Waals surface area contributed by atoms with Crippen molar-refractivity contribution in [3.05, 3.63) is 96.1 Å². The van der Waals surface area contributed by atoms with Gasteiger partial charge in [0.15, 0.2) is 0 Å². The number of hydrazone groups is 1. The summed E-state index contributed by atoms with van der Waals surface area (Å²) in [6, 6.07) is 22.7. The summed E-state index contributed by atoms with van der Waals surface area (Å²) >= 11 is 0.684. The van der Waals surface area contributed by atoms with Crippen molar-refractivity contribution in [1.29, 1.82) is 5.41 Å². The summed E-state index contributed by atoms with van der Waals surface area (Å²) in [5.74, 6) is 7.25. The highest BCUT2D eigenvalue weighted by atomic mass is 32.2. The van der Waals surface area contributed by atoms with Gasteiger partial charge < -0.3 is 9.96 Å². The number of nitrogens with two attached hydrogens (primary N) is 1. The van der Waals surface area contributed by atoms with Gasteiger partial charge in [0, 0.05) is 29.2 Å². The monoisotopic (exact) mass is 474 g/mol. The second-order valence-corrected chi connectivity index (χ2v) is 8.44. The van der Waals surface area contributed by atoms with Crippen LogP contribution in [0.5, 0.6) is 0 Å². The molecular weight excluding hydrogens is 449 g/mol. The molecule has 0 spiro atoms. The van der Waals surface area contributed by atoms with Crippen LogP contribution in [0.1, 0.15) is 30.2 Å². The highest BCUT2D eigenvalue weighted by Gasteiger charge is 2.23. The van der Waals surface area contributed by atoms with E-state index in [4.69, 9.17) is 11.3 Å². The molecule has 8 heteroatoms. The van der Waals surface area contributed by atoms with Gasteiger partial charge in [-0.3, -0.25) is 4.57 Å². The largest absolute Gasteiger partial charge is 0.325 e. The molecule has 1 atom stereocenters. The molecule has 4 N–H and O–H groups in total. The molecule has 1 heterocycles. The Kier molecular flexibility index (Phi) is 6.90. The molecule has 4 aromatic rings. The average Bonchev–Trinajstić information content (AvgIpc) is 3.26. The van der Waals surface area contributed by atoms with Crippen LogP contribution in [0, 0.1) is 12.3 Å². The number of aromatic nitrogens is 2. The van der Waals surface area contributed by atoms with Crippen molar-refractivity contribution in [2.45, 2.75) is 24.9 Å². The summed E-state index contributed by atoms with van der Waals surface area (Å²) < 4.78 is 26.7. The van der Waals surface area contributed by atoms with Crippen molar-refractivity contribution in [2.75, 3.05) is 0 Å². The van der Waals surface area contributed by atoms with Crippen LogP contribution in [-0.2, 0) is 0 Å². The van der Waals surface area contributed by atoms with E-state index in [2.05, 4.69) is 4.98 Å². The number of hydrogen-bond acceptors (Lipinski definition) is 5. The number of nitrogens with zero attached hydrogens (tertiary/aromatic N) is 3. The van der Waals surface area contributed by atoms with Crippen LogP contribution in [-0.4, -0.2) is 30.7 Å². The Morgan fingerprint density at radius 1 is 1.12 bits per heavy atom. The molecule has 172 valence electrons. The van der Waals surface area contributed by atoms with Crippen molar-refractivity contribution < 1.29 is 13.6 Å². The number of benzene rings is 3. The molecule has 0 aliphatic rings. The zero-order valence-electron chi connectivity index (χ0n) is 18.8. The second kappa shape index (κ2) is 10.0. The van der Waals surface area contributed by atoms with Gasteiger partial charge in [-0.15, -0.1) is 0 Å². The molecule has 6 nitrogen and oxygen atoms in total. The highest BCUT2D eigenvalue weighted by Crippen LogP contribution is 2.32. The topological polar surface area (TPSA) is 90.9 Å². The van der Waals surface area contributed by atoms with Crippen LogP contribution in [0.25, 0.3) is 16.8 Å². The quantitative estimate of drug-likeness (QED) is 0.0992. The van der Waals surface area contributed by atoms with Crippen LogP contribution < -0.4 is 5.84 Å². The Balaban J connectivity index is 1.97. The molecule has 3 aromatic carbocycles. The second-order valence-electron chi connectivity index (χ2n) is 7.79. The molecule has 0 saturated heterocycles. The first-order valence-corrected chi connectivity index (χ1v) is 11.4. The average molecular weight is 475 g/mol. The predicted molar refractivity (Wildman–Crippen MR) is 135 cm³/mol. The lowest BCUT2D eigenvalue weighted by molar-refractivity contribution is -0.449. The van der Waals surface area contributed by atoms with E-state index in [0.29, 0.717) is 40.6 Å². The maximum absolute atomic E-state index is 14.0. The van der Waals surface area contributed by atoms with Crippen molar-refractivity contribution in [3.8, 4) is 16.8 Å². The zero-order chi connectivity index (χ0) is 24.2. The van der Waals surface area contributed by atoms with E-state index >= 15 is 0 Å². The fourth-order valence-electron chi connectivity index (χ4n) is 3.79. The van der Waals surface area contributed by atoms with Gasteiger partial charge in [0.25, 0.3) is 11.4 Å². The van der Waals surface area contributed by atoms with E-state index in [-0.39, 0.29) is 0 Å². The van der Waals surface area contributed by atoms with Crippen LogP contribution in [0.4, 0.5) is 10.1 Å². The number of hydrazine groups is 1. The molecule has 4 rings (SSSR count). The normalized spacial score (nSPS) is 12.8. The Labute approximate surface area is 201 Å². The maximum Gasteiger partial charge on any atom is 0.260 e. The number of nitrogens with one attached hydrogen (secondary N) is 1. The Hall–Kier alpha value is -3.75. The summed E-state index contributed by atoms with van der Waals surface area (Å²) in [7, 11) is 0. The molecule has 0 saturated carbocycles. The molecule has 0 aliphatic carbocycles. The molecule has 0 bridgehead atoms.